The second-order valence-corrected chi connectivity index (χ2v) is 9.16. The second kappa shape index (κ2) is 10.2. The van der Waals surface area contributed by atoms with Crippen LogP contribution in [0, 0.1) is 11.6 Å². The number of H-pyrrole nitrogens is 1. The fourth-order valence-corrected chi connectivity index (χ4v) is 4.37. The van der Waals surface area contributed by atoms with E-state index in [0.717, 1.165) is 6.54 Å². The minimum atomic E-state index is -0.651. The van der Waals surface area contributed by atoms with Crippen LogP contribution in [0.2, 0.25) is 5.02 Å². The number of hydrogen-bond acceptors (Lipinski definition) is 8. The third-order valence-electron chi connectivity index (χ3n) is 6.00. The fraction of sp³-hybridized carbons (Fsp3) is 0.478. The van der Waals surface area contributed by atoms with E-state index in [9.17, 15) is 8.78 Å². The van der Waals surface area contributed by atoms with E-state index in [1.165, 1.54) is 18.2 Å². The van der Waals surface area contributed by atoms with Crippen LogP contribution in [0.5, 0.6) is 6.01 Å². The van der Waals surface area contributed by atoms with E-state index in [2.05, 4.69) is 25.2 Å². The monoisotopic (exact) mass is 509 g/mol. The highest BCUT2D eigenvalue weighted by atomic mass is 35.5. The van der Waals surface area contributed by atoms with Crippen LogP contribution in [0.3, 0.4) is 0 Å². The highest BCUT2D eigenvalue weighted by Gasteiger charge is 2.49. The fourth-order valence-electron chi connectivity index (χ4n) is 4.15. The average molecular weight is 510 g/mol. The van der Waals surface area contributed by atoms with Gasteiger partial charge in [-0.05, 0) is 32.3 Å². The number of fused-ring (bicyclic) bond motifs is 2. The van der Waals surface area contributed by atoms with Crippen LogP contribution in [0.15, 0.2) is 24.3 Å². The van der Waals surface area contributed by atoms with Crippen molar-refractivity contribution >= 4 is 28.6 Å². The lowest BCUT2D eigenvalue weighted by Gasteiger charge is -2.18. The number of rotatable bonds is 9. The third kappa shape index (κ3) is 5.19. The van der Waals surface area contributed by atoms with Gasteiger partial charge in [0.05, 0.1) is 30.4 Å². The van der Waals surface area contributed by atoms with E-state index in [4.69, 9.17) is 30.5 Å². The Hall–Kier alpha value is -2.57. The summed E-state index contributed by atoms with van der Waals surface area (Å²) in [6.45, 7) is 2.07. The third-order valence-corrected chi connectivity index (χ3v) is 6.28. The normalized spacial score (nSPS) is 23.8. The SMILES string of the molecule is CN(C)CCO[C@@H]1CO[C@H]2[C@@H]1OC[C@H]2Oc1nc2nc(NCc3c(F)cccc3F)c(Cl)cc2[nH]1. The number of nitrogens with one attached hydrogen (secondary N) is 2. The van der Waals surface area contributed by atoms with Gasteiger partial charge >= 0.3 is 0 Å². The molecule has 4 heterocycles. The summed E-state index contributed by atoms with van der Waals surface area (Å²) in [7, 11) is 3.98. The van der Waals surface area contributed by atoms with E-state index < -0.39 is 11.6 Å². The molecule has 2 saturated heterocycles. The summed E-state index contributed by atoms with van der Waals surface area (Å²) in [5.41, 5.74) is 0.793. The van der Waals surface area contributed by atoms with Crippen molar-refractivity contribution in [3.8, 4) is 6.01 Å². The Morgan fingerprint density at radius 1 is 1.14 bits per heavy atom. The van der Waals surface area contributed by atoms with E-state index in [1.54, 1.807) is 6.07 Å². The molecule has 2 aromatic heterocycles. The highest BCUT2D eigenvalue weighted by Crippen LogP contribution is 2.32. The largest absolute Gasteiger partial charge is 0.456 e. The maximum absolute atomic E-state index is 13.9. The Kier molecular flexibility index (Phi) is 7.03. The first kappa shape index (κ1) is 24.1. The van der Waals surface area contributed by atoms with Crippen LogP contribution in [0.25, 0.3) is 11.2 Å². The molecule has 0 spiro atoms. The standard InChI is InChI=1S/C23H26ClF2N5O4/c1-31(2)6-7-32-17-10-33-20-18(11-34-19(17)20)35-23-28-16-8-13(24)21(29-22(16)30-23)27-9-12-14(25)4-3-5-15(12)26/h3-5,8,17-20H,6-7,9-11H2,1-2H3,(H2,27,28,29,30)/t17-,18-,19-,20-/m1/s1. The molecule has 12 heteroatoms. The van der Waals surface area contributed by atoms with Crippen molar-refractivity contribution in [2.24, 2.45) is 0 Å². The van der Waals surface area contributed by atoms with Gasteiger partial charge < -0.3 is 34.1 Å². The molecule has 4 atom stereocenters. The number of likely N-dealkylation sites (N-methyl/N-ethyl adjacent to an activating group) is 1. The van der Waals surface area contributed by atoms with Gasteiger partial charge in [-0.25, -0.2) is 13.8 Å². The molecule has 0 unspecified atom stereocenters. The molecular weight excluding hydrogens is 484 g/mol. The van der Waals surface area contributed by atoms with Crippen molar-refractivity contribution in [2.45, 2.75) is 31.0 Å². The summed E-state index contributed by atoms with van der Waals surface area (Å²) in [4.78, 5) is 13.9. The Labute approximate surface area is 205 Å². The number of aromatic nitrogens is 3. The molecule has 0 bridgehead atoms. The highest BCUT2D eigenvalue weighted by molar-refractivity contribution is 6.33. The van der Waals surface area contributed by atoms with Crippen molar-refractivity contribution < 1.29 is 27.7 Å². The Bertz CT molecular complexity index is 1180. The van der Waals surface area contributed by atoms with Crippen molar-refractivity contribution in [2.75, 3.05) is 45.8 Å². The van der Waals surface area contributed by atoms with Crippen LogP contribution in [0.4, 0.5) is 14.6 Å². The number of nitrogens with zero attached hydrogens (tertiary/aromatic N) is 3. The summed E-state index contributed by atoms with van der Waals surface area (Å²) in [6, 6.07) is 5.57. The van der Waals surface area contributed by atoms with E-state index in [1.807, 2.05) is 14.1 Å². The number of imidazole rings is 1. The lowest BCUT2D eigenvalue weighted by molar-refractivity contribution is -0.0384. The van der Waals surface area contributed by atoms with Crippen molar-refractivity contribution in [1.82, 2.24) is 19.9 Å². The molecule has 35 heavy (non-hydrogen) atoms. The van der Waals surface area contributed by atoms with Gasteiger partial charge in [0.15, 0.2) is 11.8 Å². The van der Waals surface area contributed by atoms with Gasteiger partial charge in [-0.1, -0.05) is 17.7 Å². The molecule has 2 fully saturated rings. The molecule has 3 aromatic rings. The zero-order valence-corrected chi connectivity index (χ0v) is 20.0. The smallest absolute Gasteiger partial charge is 0.296 e. The van der Waals surface area contributed by atoms with Gasteiger partial charge in [-0.15, -0.1) is 0 Å². The molecule has 0 radical (unpaired) electrons. The summed E-state index contributed by atoms with van der Waals surface area (Å²) >= 11 is 6.32. The number of ether oxygens (including phenoxy) is 4. The van der Waals surface area contributed by atoms with Crippen LogP contribution in [0.1, 0.15) is 5.56 Å². The Morgan fingerprint density at radius 2 is 1.86 bits per heavy atom. The predicted molar refractivity (Wildman–Crippen MR) is 125 cm³/mol. The van der Waals surface area contributed by atoms with Gasteiger partial charge in [0.1, 0.15) is 35.8 Å². The van der Waals surface area contributed by atoms with Gasteiger partial charge in [-0.3, -0.25) is 0 Å². The van der Waals surface area contributed by atoms with Crippen molar-refractivity contribution in [3.05, 3.63) is 46.5 Å². The summed E-state index contributed by atoms with van der Waals surface area (Å²) in [6.07, 6.45) is -0.969. The molecule has 0 amide bonds. The molecule has 2 aliphatic heterocycles. The molecule has 0 saturated carbocycles. The molecule has 2 aliphatic rings. The van der Waals surface area contributed by atoms with E-state index >= 15 is 0 Å². The predicted octanol–water partition coefficient (Wildman–Crippen LogP) is 2.99. The maximum atomic E-state index is 13.9. The minimum Gasteiger partial charge on any atom is -0.456 e. The first-order valence-electron chi connectivity index (χ1n) is 11.3. The first-order chi connectivity index (χ1) is 16.9. The zero-order valence-electron chi connectivity index (χ0n) is 19.3. The second-order valence-electron chi connectivity index (χ2n) is 8.75. The molecule has 0 aliphatic carbocycles. The Morgan fingerprint density at radius 3 is 2.60 bits per heavy atom. The number of aromatic amines is 1. The number of hydrogen-bond donors (Lipinski definition) is 2. The maximum Gasteiger partial charge on any atom is 0.296 e. The number of pyridine rings is 1. The van der Waals surface area contributed by atoms with Gasteiger partial charge in [-0.2, -0.15) is 4.98 Å². The topological polar surface area (TPSA) is 93.8 Å². The van der Waals surface area contributed by atoms with E-state index in [0.29, 0.717) is 31.0 Å². The molecule has 5 rings (SSSR count). The molecular formula is C23H26ClF2N5O4. The summed E-state index contributed by atoms with van der Waals surface area (Å²) in [5, 5.41) is 3.14. The van der Waals surface area contributed by atoms with Crippen LogP contribution in [-0.2, 0) is 20.8 Å². The lowest BCUT2D eigenvalue weighted by atomic mass is 10.1. The minimum absolute atomic E-state index is 0.104. The molecule has 188 valence electrons. The van der Waals surface area contributed by atoms with Gasteiger partial charge in [0, 0.05) is 18.7 Å². The van der Waals surface area contributed by atoms with Crippen LogP contribution in [-0.4, -0.2) is 84.7 Å². The Balaban J connectivity index is 1.23. The van der Waals surface area contributed by atoms with Crippen molar-refractivity contribution in [3.63, 3.8) is 0 Å². The lowest BCUT2D eigenvalue weighted by Crippen LogP contribution is -2.36. The van der Waals surface area contributed by atoms with Gasteiger partial charge in [0.25, 0.3) is 6.01 Å². The molecule has 1 aromatic carbocycles. The average Bonchev–Trinajstić information content (AvgIpc) is 3.50. The zero-order chi connectivity index (χ0) is 24.5. The number of benzene rings is 1. The van der Waals surface area contributed by atoms with E-state index in [-0.39, 0.29) is 53.4 Å². The van der Waals surface area contributed by atoms with Crippen LogP contribution >= 0.6 is 11.6 Å². The summed E-state index contributed by atoms with van der Waals surface area (Å²) in [5.74, 6) is -1.05. The number of anilines is 1. The summed E-state index contributed by atoms with van der Waals surface area (Å²) < 4.78 is 51.6. The van der Waals surface area contributed by atoms with Crippen LogP contribution < -0.4 is 10.1 Å². The molecule has 9 nitrogen and oxygen atoms in total. The van der Waals surface area contributed by atoms with Crippen molar-refractivity contribution in [1.29, 1.82) is 0 Å². The number of halogens is 3. The first-order valence-corrected chi connectivity index (χ1v) is 11.7. The quantitative estimate of drug-likeness (QED) is 0.455. The molecule has 2 N–H and O–H groups in total. The van der Waals surface area contributed by atoms with Gasteiger partial charge in [0.2, 0.25) is 0 Å².